The van der Waals surface area contributed by atoms with Crippen LogP contribution in [0.4, 0.5) is 0 Å². The van der Waals surface area contributed by atoms with E-state index >= 15 is 0 Å². The van der Waals surface area contributed by atoms with Crippen LogP contribution in [0.3, 0.4) is 0 Å². The molecule has 2 aliphatic rings. The van der Waals surface area contributed by atoms with Gasteiger partial charge in [-0.05, 0) is 32.6 Å². The highest BCUT2D eigenvalue weighted by atomic mass is 32.2. The van der Waals surface area contributed by atoms with Crippen molar-refractivity contribution in [2.75, 3.05) is 25.4 Å². The van der Waals surface area contributed by atoms with Crippen molar-refractivity contribution in [3.05, 3.63) is 0 Å². The molecule has 1 aliphatic carbocycles. The van der Waals surface area contributed by atoms with Gasteiger partial charge in [0.15, 0.2) is 6.61 Å². The second-order valence-corrected chi connectivity index (χ2v) is 9.19. The lowest BCUT2D eigenvalue weighted by molar-refractivity contribution is -0.154. The number of ether oxygens (including phenoxy) is 1. The summed E-state index contributed by atoms with van der Waals surface area (Å²) in [5.41, 5.74) is 0. The molecule has 9 heteroatoms. The first kappa shape index (κ1) is 20.8. The summed E-state index contributed by atoms with van der Waals surface area (Å²) in [4.78, 5) is 35.8. The van der Waals surface area contributed by atoms with Crippen LogP contribution < -0.4 is 5.32 Å². The van der Waals surface area contributed by atoms with Gasteiger partial charge in [-0.2, -0.15) is 0 Å². The Kier molecular flexibility index (Phi) is 7.57. The standard InChI is InChI=1S/C17H28N2O6S/c1-2-26(23,24)19-10-8-14(9-11-19)17(22)25-12-15(20)18-16(21)13-6-4-3-5-7-13/h13-14H,2-12H2,1H3,(H,18,20,21). The Balaban J connectivity index is 1.70. The van der Waals surface area contributed by atoms with Gasteiger partial charge in [0.25, 0.3) is 5.91 Å². The molecule has 0 spiro atoms. The van der Waals surface area contributed by atoms with Crippen LogP contribution >= 0.6 is 0 Å². The summed E-state index contributed by atoms with van der Waals surface area (Å²) in [6, 6.07) is 0. The number of carbonyl (C=O) groups is 3. The fourth-order valence-electron chi connectivity index (χ4n) is 3.45. The van der Waals surface area contributed by atoms with Gasteiger partial charge in [-0.1, -0.05) is 19.3 Å². The Hall–Kier alpha value is -1.48. The molecule has 1 saturated carbocycles. The van der Waals surface area contributed by atoms with Gasteiger partial charge in [0.2, 0.25) is 15.9 Å². The van der Waals surface area contributed by atoms with Crippen LogP contribution in [0.5, 0.6) is 0 Å². The van der Waals surface area contributed by atoms with E-state index in [9.17, 15) is 22.8 Å². The highest BCUT2D eigenvalue weighted by Crippen LogP contribution is 2.23. The SMILES string of the molecule is CCS(=O)(=O)N1CCC(C(=O)OCC(=O)NC(=O)C2CCCCC2)CC1. The Morgan fingerprint density at radius 2 is 1.62 bits per heavy atom. The molecule has 1 heterocycles. The minimum absolute atomic E-state index is 0.0390. The molecule has 0 radical (unpaired) electrons. The summed E-state index contributed by atoms with van der Waals surface area (Å²) in [7, 11) is -3.24. The highest BCUT2D eigenvalue weighted by molar-refractivity contribution is 7.89. The third kappa shape index (κ3) is 5.77. The number of esters is 1. The third-order valence-electron chi connectivity index (χ3n) is 5.13. The van der Waals surface area contributed by atoms with Gasteiger partial charge in [-0.25, -0.2) is 12.7 Å². The van der Waals surface area contributed by atoms with Gasteiger partial charge in [-0.3, -0.25) is 19.7 Å². The number of sulfonamides is 1. The van der Waals surface area contributed by atoms with Crippen LogP contribution in [0.1, 0.15) is 51.9 Å². The van der Waals surface area contributed by atoms with Crippen molar-refractivity contribution < 1.29 is 27.5 Å². The number of hydrogen-bond donors (Lipinski definition) is 1. The summed E-state index contributed by atoms with van der Waals surface area (Å²) >= 11 is 0. The van der Waals surface area contributed by atoms with E-state index in [1.807, 2.05) is 0 Å². The van der Waals surface area contributed by atoms with Crippen molar-refractivity contribution in [3.8, 4) is 0 Å². The zero-order chi connectivity index (χ0) is 19.2. The number of imide groups is 1. The maximum absolute atomic E-state index is 12.1. The molecule has 26 heavy (non-hydrogen) atoms. The fraction of sp³-hybridized carbons (Fsp3) is 0.824. The maximum atomic E-state index is 12.1. The lowest BCUT2D eigenvalue weighted by Crippen LogP contribution is -2.42. The second kappa shape index (κ2) is 9.45. The molecule has 1 saturated heterocycles. The topological polar surface area (TPSA) is 110 Å². The Morgan fingerprint density at radius 3 is 2.19 bits per heavy atom. The average molecular weight is 388 g/mol. The Bertz CT molecular complexity index is 619. The lowest BCUT2D eigenvalue weighted by atomic mass is 9.89. The minimum atomic E-state index is -3.24. The molecule has 0 aromatic carbocycles. The summed E-state index contributed by atoms with van der Waals surface area (Å²) < 4.78 is 30.0. The maximum Gasteiger partial charge on any atom is 0.309 e. The van der Waals surface area contributed by atoms with Crippen LogP contribution in [-0.4, -0.2) is 56.0 Å². The van der Waals surface area contributed by atoms with E-state index in [4.69, 9.17) is 4.74 Å². The number of carbonyl (C=O) groups excluding carboxylic acids is 3. The third-order valence-corrected chi connectivity index (χ3v) is 7.01. The van der Waals surface area contributed by atoms with E-state index < -0.39 is 34.4 Å². The van der Waals surface area contributed by atoms with Crippen molar-refractivity contribution in [2.45, 2.75) is 51.9 Å². The smallest absolute Gasteiger partial charge is 0.309 e. The molecular formula is C17H28N2O6S. The molecule has 0 aromatic rings. The lowest BCUT2D eigenvalue weighted by Gasteiger charge is -2.29. The molecule has 0 unspecified atom stereocenters. The summed E-state index contributed by atoms with van der Waals surface area (Å²) in [5.74, 6) is -1.92. The molecule has 0 atom stereocenters. The first-order valence-corrected chi connectivity index (χ1v) is 10.9. The Morgan fingerprint density at radius 1 is 1.00 bits per heavy atom. The predicted octanol–water partition coefficient (Wildman–Crippen LogP) is 0.814. The van der Waals surface area contributed by atoms with Crippen molar-refractivity contribution >= 4 is 27.8 Å². The van der Waals surface area contributed by atoms with Crippen LogP contribution in [0.2, 0.25) is 0 Å². The second-order valence-electron chi connectivity index (χ2n) is 6.93. The number of rotatable bonds is 6. The summed E-state index contributed by atoms with van der Waals surface area (Å²) in [6.45, 7) is 1.66. The van der Waals surface area contributed by atoms with Gasteiger partial charge in [0, 0.05) is 19.0 Å². The molecule has 8 nitrogen and oxygen atoms in total. The number of amides is 2. The normalized spacial score (nSPS) is 20.5. The van der Waals surface area contributed by atoms with Crippen molar-refractivity contribution in [2.24, 2.45) is 11.8 Å². The highest BCUT2D eigenvalue weighted by Gasteiger charge is 2.31. The molecular weight excluding hydrogens is 360 g/mol. The summed E-state index contributed by atoms with van der Waals surface area (Å²) in [6.07, 6.45) is 5.44. The van der Waals surface area contributed by atoms with E-state index in [1.54, 1.807) is 6.92 Å². The molecule has 148 valence electrons. The number of nitrogens with zero attached hydrogens (tertiary/aromatic N) is 1. The van der Waals surface area contributed by atoms with E-state index in [0.29, 0.717) is 12.8 Å². The zero-order valence-corrected chi connectivity index (χ0v) is 16.1. The molecule has 2 fully saturated rings. The van der Waals surface area contributed by atoms with Crippen LogP contribution in [0.15, 0.2) is 0 Å². The van der Waals surface area contributed by atoms with Gasteiger partial charge in [-0.15, -0.1) is 0 Å². The zero-order valence-electron chi connectivity index (χ0n) is 15.2. The van der Waals surface area contributed by atoms with Crippen molar-refractivity contribution in [3.63, 3.8) is 0 Å². The van der Waals surface area contributed by atoms with E-state index in [1.165, 1.54) is 4.31 Å². The molecule has 0 aromatic heterocycles. The number of piperidine rings is 1. The fourth-order valence-corrected chi connectivity index (χ4v) is 4.58. The van der Waals surface area contributed by atoms with Crippen molar-refractivity contribution in [1.82, 2.24) is 9.62 Å². The van der Waals surface area contributed by atoms with Gasteiger partial charge >= 0.3 is 5.97 Å². The van der Waals surface area contributed by atoms with E-state index in [0.717, 1.165) is 32.1 Å². The summed E-state index contributed by atoms with van der Waals surface area (Å²) in [5, 5.41) is 2.30. The number of nitrogens with one attached hydrogen (secondary N) is 1. The number of hydrogen-bond acceptors (Lipinski definition) is 6. The Labute approximate surface area is 154 Å². The first-order chi connectivity index (χ1) is 12.3. The monoisotopic (exact) mass is 388 g/mol. The quantitative estimate of drug-likeness (QED) is 0.675. The van der Waals surface area contributed by atoms with Crippen molar-refractivity contribution in [1.29, 1.82) is 0 Å². The minimum Gasteiger partial charge on any atom is -0.455 e. The predicted molar refractivity (Wildman–Crippen MR) is 94.4 cm³/mol. The van der Waals surface area contributed by atoms with E-state index in [2.05, 4.69) is 5.32 Å². The van der Waals surface area contributed by atoms with Gasteiger partial charge < -0.3 is 4.74 Å². The van der Waals surface area contributed by atoms with E-state index in [-0.39, 0.29) is 30.7 Å². The van der Waals surface area contributed by atoms with Gasteiger partial charge in [0.1, 0.15) is 0 Å². The van der Waals surface area contributed by atoms with Crippen LogP contribution in [0, 0.1) is 11.8 Å². The largest absolute Gasteiger partial charge is 0.455 e. The molecule has 2 amide bonds. The average Bonchev–Trinajstić information content (AvgIpc) is 2.66. The molecule has 0 bridgehead atoms. The molecule has 2 rings (SSSR count). The van der Waals surface area contributed by atoms with Crippen LogP contribution in [0.25, 0.3) is 0 Å². The molecule has 1 N–H and O–H groups in total. The van der Waals surface area contributed by atoms with Gasteiger partial charge in [0.05, 0.1) is 11.7 Å². The molecule has 1 aliphatic heterocycles. The van der Waals surface area contributed by atoms with Crippen LogP contribution in [-0.2, 0) is 29.1 Å². The first-order valence-electron chi connectivity index (χ1n) is 9.31.